The van der Waals surface area contributed by atoms with E-state index in [4.69, 9.17) is 10.8 Å². The van der Waals surface area contributed by atoms with E-state index >= 15 is 0 Å². The van der Waals surface area contributed by atoms with Gasteiger partial charge in [-0.2, -0.15) is 9.61 Å². The van der Waals surface area contributed by atoms with Crippen LogP contribution in [0.5, 0.6) is 0 Å². The van der Waals surface area contributed by atoms with Gasteiger partial charge in [0.25, 0.3) is 0 Å². The first-order valence-electron chi connectivity index (χ1n) is 6.73. The molecule has 1 aliphatic carbocycles. The van der Waals surface area contributed by atoms with Gasteiger partial charge in [0.05, 0.1) is 0 Å². The van der Waals surface area contributed by atoms with Gasteiger partial charge in [0, 0.05) is 12.3 Å². The normalized spacial score (nSPS) is 24.8. The molecule has 18 heavy (non-hydrogen) atoms. The number of fused-ring (bicyclic) bond motifs is 1. The number of rotatable bonds is 3. The Balaban J connectivity index is 1.80. The summed E-state index contributed by atoms with van der Waals surface area (Å²) in [6.07, 6.45) is 5.79. The van der Waals surface area contributed by atoms with Crippen molar-refractivity contribution in [2.45, 2.75) is 44.9 Å². The molecule has 2 N–H and O–H groups in total. The van der Waals surface area contributed by atoms with Crippen molar-refractivity contribution >= 4 is 16.3 Å². The topological polar surface area (TPSA) is 69.1 Å². The molecule has 6 heteroatoms. The quantitative estimate of drug-likeness (QED) is 0.921. The van der Waals surface area contributed by atoms with E-state index in [-0.39, 0.29) is 0 Å². The van der Waals surface area contributed by atoms with Crippen molar-refractivity contribution in [2.75, 3.05) is 6.54 Å². The van der Waals surface area contributed by atoms with Crippen LogP contribution in [0.2, 0.25) is 0 Å². The summed E-state index contributed by atoms with van der Waals surface area (Å²) in [6, 6.07) is 0. The van der Waals surface area contributed by atoms with Gasteiger partial charge in [-0.15, -0.1) is 10.2 Å². The third kappa shape index (κ3) is 2.03. The van der Waals surface area contributed by atoms with Crippen molar-refractivity contribution in [1.82, 2.24) is 19.8 Å². The Morgan fingerprint density at radius 1 is 1.28 bits per heavy atom. The van der Waals surface area contributed by atoms with Gasteiger partial charge in [-0.3, -0.25) is 0 Å². The van der Waals surface area contributed by atoms with Gasteiger partial charge in [0.15, 0.2) is 5.82 Å². The van der Waals surface area contributed by atoms with Crippen molar-refractivity contribution in [3.8, 4) is 0 Å². The second-order valence-corrected chi connectivity index (χ2v) is 6.05. The summed E-state index contributed by atoms with van der Waals surface area (Å²) < 4.78 is 1.91. The van der Waals surface area contributed by atoms with Gasteiger partial charge in [0.2, 0.25) is 4.96 Å². The summed E-state index contributed by atoms with van der Waals surface area (Å²) >= 11 is 1.70. The summed E-state index contributed by atoms with van der Waals surface area (Å²) in [5.74, 6) is 2.28. The molecule has 2 heterocycles. The van der Waals surface area contributed by atoms with E-state index in [1.54, 1.807) is 11.3 Å². The lowest BCUT2D eigenvalue weighted by Crippen LogP contribution is -2.20. The summed E-state index contributed by atoms with van der Waals surface area (Å²) in [5, 5.41) is 14.2. The van der Waals surface area contributed by atoms with E-state index in [1.807, 2.05) is 4.52 Å². The number of nitrogens with two attached hydrogens (primary N) is 1. The van der Waals surface area contributed by atoms with E-state index in [0.717, 1.165) is 29.7 Å². The molecule has 0 aliphatic heterocycles. The van der Waals surface area contributed by atoms with Crippen LogP contribution in [-0.4, -0.2) is 26.4 Å². The SMILES string of the molecule is CCc1nnc2sc(C3CCC(CN)CC3)nn12. The Morgan fingerprint density at radius 3 is 2.72 bits per heavy atom. The largest absolute Gasteiger partial charge is 0.330 e. The monoisotopic (exact) mass is 265 g/mol. The first kappa shape index (κ1) is 12.0. The molecule has 5 nitrogen and oxygen atoms in total. The number of nitrogens with zero attached hydrogens (tertiary/aromatic N) is 4. The van der Waals surface area contributed by atoms with Crippen LogP contribution in [0, 0.1) is 5.92 Å². The molecule has 0 atom stereocenters. The van der Waals surface area contributed by atoms with Crippen molar-refractivity contribution in [3.05, 3.63) is 10.8 Å². The Morgan fingerprint density at radius 2 is 2.06 bits per heavy atom. The first-order valence-corrected chi connectivity index (χ1v) is 7.54. The van der Waals surface area contributed by atoms with Crippen molar-refractivity contribution < 1.29 is 0 Å². The molecule has 0 unspecified atom stereocenters. The van der Waals surface area contributed by atoms with Gasteiger partial charge < -0.3 is 5.73 Å². The molecular weight excluding hydrogens is 246 g/mol. The number of aryl methyl sites for hydroxylation is 1. The fourth-order valence-electron chi connectivity index (χ4n) is 2.70. The maximum absolute atomic E-state index is 5.73. The average Bonchev–Trinajstić information content (AvgIpc) is 2.98. The summed E-state index contributed by atoms with van der Waals surface area (Å²) in [7, 11) is 0. The summed E-state index contributed by atoms with van der Waals surface area (Å²) in [4.78, 5) is 0.933. The minimum absolute atomic E-state index is 0.601. The molecule has 1 saturated carbocycles. The smallest absolute Gasteiger partial charge is 0.234 e. The van der Waals surface area contributed by atoms with Gasteiger partial charge in [0.1, 0.15) is 5.01 Å². The predicted molar refractivity (Wildman–Crippen MR) is 71.8 cm³/mol. The number of hydrogen-bond donors (Lipinski definition) is 1. The third-order valence-electron chi connectivity index (χ3n) is 3.92. The van der Waals surface area contributed by atoms with Crippen molar-refractivity contribution in [3.63, 3.8) is 0 Å². The highest BCUT2D eigenvalue weighted by molar-refractivity contribution is 7.16. The molecular formula is C12H19N5S. The van der Waals surface area contributed by atoms with Crippen LogP contribution < -0.4 is 5.73 Å². The molecule has 98 valence electrons. The zero-order chi connectivity index (χ0) is 12.5. The number of hydrogen-bond acceptors (Lipinski definition) is 5. The van der Waals surface area contributed by atoms with Crippen LogP contribution in [0.4, 0.5) is 0 Å². The van der Waals surface area contributed by atoms with Gasteiger partial charge in [-0.25, -0.2) is 0 Å². The van der Waals surface area contributed by atoms with Crippen LogP contribution >= 0.6 is 11.3 Å². The second kappa shape index (κ2) is 4.93. The minimum Gasteiger partial charge on any atom is -0.330 e. The minimum atomic E-state index is 0.601. The fraction of sp³-hybridized carbons (Fsp3) is 0.750. The number of aromatic nitrogens is 4. The van der Waals surface area contributed by atoms with Crippen LogP contribution in [-0.2, 0) is 6.42 Å². The van der Waals surface area contributed by atoms with E-state index in [1.165, 1.54) is 30.7 Å². The molecule has 0 amide bonds. The Labute approximate surface area is 110 Å². The van der Waals surface area contributed by atoms with Crippen LogP contribution in [0.25, 0.3) is 4.96 Å². The Hall–Kier alpha value is -1.01. The van der Waals surface area contributed by atoms with E-state index in [2.05, 4.69) is 17.1 Å². The lowest BCUT2D eigenvalue weighted by atomic mass is 9.82. The average molecular weight is 265 g/mol. The fourth-order valence-corrected chi connectivity index (χ4v) is 3.73. The molecule has 1 fully saturated rings. The third-order valence-corrected chi connectivity index (χ3v) is 4.98. The van der Waals surface area contributed by atoms with Crippen LogP contribution in [0.1, 0.15) is 49.4 Å². The molecule has 1 aliphatic rings. The highest BCUT2D eigenvalue weighted by atomic mass is 32.1. The summed E-state index contributed by atoms with van der Waals surface area (Å²) in [6.45, 7) is 2.92. The lowest BCUT2D eigenvalue weighted by molar-refractivity contribution is 0.331. The van der Waals surface area contributed by atoms with E-state index in [9.17, 15) is 0 Å². The van der Waals surface area contributed by atoms with Gasteiger partial charge in [-0.1, -0.05) is 18.3 Å². The molecule has 0 spiro atoms. The van der Waals surface area contributed by atoms with Crippen molar-refractivity contribution in [2.24, 2.45) is 11.7 Å². The highest BCUT2D eigenvalue weighted by Gasteiger charge is 2.25. The Bertz CT molecular complexity index is 524. The highest BCUT2D eigenvalue weighted by Crippen LogP contribution is 2.37. The first-order chi connectivity index (χ1) is 8.81. The van der Waals surface area contributed by atoms with Crippen LogP contribution in [0.3, 0.4) is 0 Å². The standard InChI is InChI=1S/C12H19N5S/c1-2-10-14-15-12-17(10)16-11(18-12)9-5-3-8(7-13)4-6-9/h8-9H,2-7,13H2,1H3. The van der Waals surface area contributed by atoms with Crippen LogP contribution in [0.15, 0.2) is 0 Å². The zero-order valence-electron chi connectivity index (χ0n) is 10.7. The zero-order valence-corrected chi connectivity index (χ0v) is 11.5. The molecule has 3 rings (SSSR count). The Kier molecular flexibility index (Phi) is 3.30. The maximum atomic E-state index is 5.73. The van der Waals surface area contributed by atoms with Gasteiger partial charge in [-0.05, 0) is 38.1 Å². The molecule has 0 aromatic carbocycles. The molecule has 2 aromatic heterocycles. The second-order valence-electron chi connectivity index (χ2n) is 5.06. The molecule has 0 radical (unpaired) electrons. The van der Waals surface area contributed by atoms with E-state index in [0.29, 0.717) is 5.92 Å². The van der Waals surface area contributed by atoms with Crippen molar-refractivity contribution in [1.29, 1.82) is 0 Å². The molecule has 0 bridgehead atoms. The molecule has 2 aromatic rings. The lowest BCUT2D eigenvalue weighted by Gasteiger charge is -2.25. The maximum Gasteiger partial charge on any atom is 0.234 e. The molecule has 0 saturated heterocycles. The van der Waals surface area contributed by atoms with E-state index < -0.39 is 0 Å². The predicted octanol–water partition coefficient (Wildman–Crippen LogP) is 1.98. The summed E-state index contributed by atoms with van der Waals surface area (Å²) in [5.41, 5.74) is 5.73. The van der Waals surface area contributed by atoms with Gasteiger partial charge >= 0.3 is 0 Å².